The van der Waals surface area contributed by atoms with Gasteiger partial charge in [-0.1, -0.05) is 11.3 Å². The van der Waals surface area contributed by atoms with E-state index in [1.165, 1.54) is 28.6 Å². The molecule has 8 nitrogen and oxygen atoms in total. The van der Waals surface area contributed by atoms with Crippen molar-refractivity contribution in [1.29, 1.82) is 0 Å². The van der Waals surface area contributed by atoms with Gasteiger partial charge in [-0.3, -0.25) is 14.5 Å². The van der Waals surface area contributed by atoms with Gasteiger partial charge in [0.1, 0.15) is 23.3 Å². The summed E-state index contributed by atoms with van der Waals surface area (Å²) < 4.78 is 17.0. The third kappa shape index (κ3) is 3.35. The van der Waals surface area contributed by atoms with Crippen LogP contribution in [-0.4, -0.2) is 28.9 Å². The molecular weight excluding hydrogens is 456 g/mol. The zero-order valence-electron chi connectivity index (χ0n) is 16.9. The molecule has 10 heteroatoms. The molecule has 5 rings (SSSR count). The Bertz CT molecular complexity index is 1350. The van der Waals surface area contributed by atoms with Crippen LogP contribution in [0.1, 0.15) is 28.1 Å². The van der Waals surface area contributed by atoms with E-state index in [2.05, 4.69) is 4.98 Å². The highest BCUT2D eigenvalue weighted by Crippen LogP contribution is 2.44. The average Bonchev–Trinajstić information content (AvgIpc) is 3.54. The summed E-state index contributed by atoms with van der Waals surface area (Å²) in [5.41, 5.74) is 0.541. The predicted octanol–water partition coefficient (Wildman–Crippen LogP) is 5.00. The lowest BCUT2D eigenvalue weighted by Crippen LogP contribution is -2.30. The average molecular weight is 473 g/mol. The van der Waals surface area contributed by atoms with Crippen molar-refractivity contribution in [2.45, 2.75) is 13.0 Å². The number of ketones is 1. The lowest BCUT2D eigenvalue weighted by Gasteiger charge is -2.21. The van der Waals surface area contributed by atoms with E-state index in [1.807, 2.05) is 6.07 Å². The quantitative estimate of drug-likeness (QED) is 0.407. The Morgan fingerprint density at radius 3 is 2.72 bits per heavy atom. The summed E-state index contributed by atoms with van der Waals surface area (Å²) in [4.78, 5) is 32.1. The van der Waals surface area contributed by atoms with Crippen molar-refractivity contribution < 1.29 is 28.3 Å². The van der Waals surface area contributed by atoms with E-state index < -0.39 is 23.5 Å². The fourth-order valence-corrected chi connectivity index (χ4v) is 4.59. The van der Waals surface area contributed by atoms with Gasteiger partial charge in [0.15, 0.2) is 16.7 Å². The second-order valence-corrected chi connectivity index (χ2v) is 7.93. The van der Waals surface area contributed by atoms with E-state index in [-0.39, 0.29) is 23.7 Å². The first-order chi connectivity index (χ1) is 15.0. The smallest absolute Gasteiger partial charge is 0.296 e. The summed E-state index contributed by atoms with van der Waals surface area (Å²) in [5.74, 6) is -0.381. The van der Waals surface area contributed by atoms with Gasteiger partial charge in [0.05, 0.1) is 29.2 Å². The van der Waals surface area contributed by atoms with E-state index in [9.17, 15) is 14.7 Å². The molecule has 0 fully saturated rings. The molecule has 1 N–H and O–H groups in total. The van der Waals surface area contributed by atoms with Gasteiger partial charge in [0.25, 0.3) is 5.91 Å². The fourth-order valence-electron chi connectivity index (χ4n) is 3.57. The van der Waals surface area contributed by atoms with Crippen LogP contribution in [-0.2, 0) is 4.79 Å². The van der Waals surface area contributed by atoms with E-state index in [0.29, 0.717) is 27.9 Å². The van der Waals surface area contributed by atoms with Crippen LogP contribution >= 0.6 is 23.7 Å². The topological polar surface area (TPSA) is 106 Å². The molecule has 1 atom stereocenters. The number of aryl methyl sites for hydroxylation is 1. The van der Waals surface area contributed by atoms with Crippen molar-refractivity contribution in [3.8, 4) is 5.75 Å². The van der Waals surface area contributed by atoms with Crippen LogP contribution in [0.4, 0.5) is 5.13 Å². The highest BCUT2D eigenvalue weighted by atomic mass is 35.5. The third-order valence-electron chi connectivity index (χ3n) is 5.02. The largest absolute Gasteiger partial charge is 0.503 e. The summed E-state index contributed by atoms with van der Waals surface area (Å²) in [7, 11) is 1.57. The second-order valence-electron chi connectivity index (χ2n) is 6.92. The van der Waals surface area contributed by atoms with Gasteiger partial charge in [-0.25, -0.2) is 4.98 Å². The van der Waals surface area contributed by atoms with E-state index in [0.717, 1.165) is 4.70 Å². The number of methoxy groups -OCH3 is 1. The maximum atomic E-state index is 13.1. The van der Waals surface area contributed by atoms with Crippen LogP contribution in [0.15, 0.2) is 68.9 Å². The Morgan fingerprint density at radius 2 is 2.06 bits per heavy atom. The second kappa shape index (κ2) is 8.18. The number of thiazole rings is 1. The van der Waals surface area contributed by atoms with Crippen LogP contribution in [0.5, 0.6) is 5.75 Å². The number of hydrogen-bond acceptors (Lipinski definition) is 8. The van der Waals surface area contributed by atoms with E-state index in [1.54, 1.807) is 44.4 Å². The summed E-state index contributed by atoms with van der Waals surface area (Å²) in [5, 5.41) is 11.0. The molecule has 1 unspecified atom stereocenters. The number of carbonyl (C=O) groups excluding carboxylic acids is 2. The molecule has 32 heavy (non-hydrogen) atoms. The summed E-state index contributed by atoms with van der Waals surface area (Å²) in [6, 6.07) is 10.8. The minimum atomic E-state index is -0.985. The molecule has 4 heterocycles. The Labute approximate surface area is 192 Å². The molecule has 3 aromatic heterocycles. The fraction of sp³-hybridized carbons (Fsp3) is 0.136. The number of Topliss-reactive ketones (excluding diaryl/α,β-unsaturated/α-hetero) is 1. The number of anilines is 1. The summed E-state index contributed by atoms with van der Waals surface area (Å²) in [6.45, 7) is 1.76. The lowest BCUT2D eigenvalue weighted by atomic mass is 10.00. The number of aromatic nitrogens is 1. The minimum absolute atomic E-state index is 0. The first kappa shape index (κ1) is 21.7. The molecule has 1 aliphatic heterocycles. The molecular formula is C22H17ClN2O6S. The minimum Gasteiger partial charge on any atom is -0.503 e. The van der Waals surface area contributed by atoms with Crippen LogP contribution in [0, 0.1) is 6.92 Å². The van der Waals surface area contributed by atoms with Gasteiger partial charge in [-0.15, -0.1) is 12.4 Å². The maximum Gasteiger partial charge on any atom is 0.296 e. The zero-order chi connectivity index (χ0) is 21.7. The van der Waals surface area contributed by atoms with Crippen molar-refractivity contribution in [1.82, 2.24) is 4.98 Å². The highest BCUT2D eigenvalue weighted by molar-refractivity contribution is 7.22. The Hall–Kier alpha value is -3.56. The number of benzene rings is 1. The number of aliphatic hydroxyl groups excluding tert-OH is 1. The molecule has 0 spiro atoms. The molecule has 0 saturated heterocycles. The molecule has 1 aromatic carbocycles. The van der Waals surface area contributed by atoms with Crippen LogP contribution in [0.25, 0.3) is 10.2 Å². The maximum absolute atomic E-state index is 13.1. The van der Waals surface area contributed by atoms with Gasteiger partial charge in [-0.05, 0) is 49.4 Å². The number of halogens is 1. The van der Waals surface area contributed by atoms with Crippen molar-refractivity contribution in [2.75, 3.05) is 12.0 Å². The molecule has 1 aliphatic rings. The standard InChI is InChI=1S/C22H16N2O6S.ClH/c1-11-5-8-14(30-11)18-17(19(25)15-4-3-9-29-15)20(26)21(27)24(18)22-23-13-7-6-12(28-2)10-16(13)31-22;/h3-10,18,26H,1-2H3;1H. The number of aliphatic hydroxyl groups is 1. The van der Waals surface area contributed by atoms with Crippen molar-refractivity contribution in [3.63, 3.8) is 0 Å². The number of rotatable bonds is 5. The van der Waals surface area contributed by atoms with Gasteiger partial charge in [-0.2, -0.15) is 0 Å². The first-order valence-corrected chi connectivity index (χ1v) is 10.2. The van der Waals surface area contributed by atoms with E-state index in [4.69, 9.17) is 13.6 Å². The van der Waals surface area contributed by atoms with Crippen molar-refractivity contribution in [2.24, 2.45) is 0 Å². The van der Waals surface area contributed by atoms with Crippen molar-refractivity contribution in [3.05, 3.63) is 77.3 Å². The molecule has 0 aliphatic carbocycles. The predicted molar refractivity (Wildman–Crippen MR) is 120 cm³/mol. The van der Waals surface area contributed by atoms with Gasteiger partial charge < -0.3 is 18.7 Å². The number of furan rings is 2. The molecule has 4 aromatic rings. The molecule has 1 amide bonds. The van der Waals surface area contributed by atoms with Crippen molar-refractivity contribution >= 4 is 50.8 Å². The Balaban J connectivity index is 0.00000245. The third-order valence-corrected chi connectivity index (χ3v) is 6.04. The zero-order valence-corrected chi connectivity index (χ0v) is 18.5. The SMILES string of the molecule is COc1ccc2nc(N3C(=O)C(O)=C(C(=O)c4ccco4)C3c3ccc(C)o3)sc2c1.Cl. The molecule has 0 radical (unpaired) electrons. The monoisotopic (exact) mass is 472 g/mol. The van der Waals surface area contributed by atoms with Gasteiger partial charge in [0, 0.05) is 0 Å². The lowest BCUT2D eigenvalue weighted by molar-refractivity contribution is -0.117. The summed E-state index contributed by atoms with van der Waals surface area (Å²) in [6.07, 6.45) is 1.35. The van der Waals surface area contributed by atoms with Gasteiger partial charge in [0.2, 0.25) is 5.78 Å². The van der Waals surface area contributed by atoms with Crippen LogP contribution in [0.2, 0.25) is 0 Å². The number of nitrogens with zero attached hydrogens (tertiary/aromatic N) is 2. The number of ether oxygens (including phenoxy) is 1. The van der Waals surface area contributed by atoms with Crippen LogP contribution in [0.3, 0.4) is 0 Å². The summed E-state index contributed by atoms with van der Waals surface area (Å²) >= 11 is 1.25. The Kier molecular flexibility index (Phi) is 5.53. The van der Waals surface area contributed by atoms with Crippen LogP contribution < -0.4 is 9.64 Å². The highest BCUT2D eigenvalue weighted by Gasteiger charge is 2.48. The number of fused-ring (bicyclic) bond motifs is 1. The molecule has 0 saturated carbocycles. The molecule has 0 bridgehead atoms. The first-order valence-electron chi connectivity index (χ1n) is 9.33. The Morgan fingerprint density at radius 1 is 1.25 bits per heavy atom. The molecule has 164 valence electrons. The normalized spacial score (nSPS) is 16.0. The number of hydrogen-bond donors (Lipinski definition) is 1. The van der Waals surface area contributed by atoms with Gasteiger partial charge >= 0.3 is 0 Å². The number of carbonyl (C=O) groups is 2. The van der Waals surface area contributed by atoms with E-state index >= 15 is 0 Å². The number of amides is 1.